The number of hydrazine groups is 1. The Hall–Kier alpha value is -2.06. The van der Waals surface area contributed by atoms with Crippen molar-refractivity contribution in [3.05, 3.63) is 28.7 Å². The maximum absolute atomic E-state index is 12.3. The number of hydrogen-bond acceptors (Lipinski definition) is 6. The molecule has 6 nitrogen and oxygen atoms in total. The standard InChI is InChI=1S/C15H16N2O4S2/c1-4-21-11-6-5-10(7-12(11)20-3)8-13-14(19)17(15(22)23-13)16-9(2)18/h5-8H,4H2,1-3H3,(H,16,18)/b13-8-. The molecule has 0 unspecified atom stereocenters. The monoisotopic (exact) mass is 352 g/mol. The number of hydrogen-bond donors (Lipinski definition) is 1. The molecule has 0 aromatic heterocycles. The number of thioether (sulfide) groups is 1. The Bertz CT molecular complexity index is 688. The summed E-state index contributed by atoms with van der Waals surface area (Å²) in [6.07, 6.45) is 1.69. The van der Waals surface area contributed by atoms with Crippen LogP contribution in [-0.4, -0.2) is 34.9 Å². The zero-order valence-electron chi connectivity index (χ0n) is 12.9. The van der Waals surface area contributed by atoms with Crippen LogP contribution in [0.3, 0.4) is 0 Å². The van der Waals surface area contributed by atoms with Gasteiger partial charge < -0.3 is 9.47 Å². The predicted octanol–water partition coefficient (Wildman–Crippen LogP) is 2.35. The SMILES string of the molecule is CCOc1ccc(/C=C2\SC(=S)N(NC(C)=O)C2=O)cc1OC. The lowest BCUT2D eigenvalue weighted by Crippen LogP contribution is -2.43. The van der Waals surface area contributed by atoms with Gasteiger partial charge in [-0.15, -0.1) is 0 Å². The van der Waals surface area contributed by atoms with Crippen LogP contribution in [0.1, 0.15) is 19.4 Å². The number of amides is 2. The van der Waals surface area contributed by atoms with Gasteiger partial charge in [-0.3, -0.25) is 15.0 Å². The Morgan fingerprint density at radius 1 is 1.43 bits per heavy atom. The number of nitrogens with zero attached hydrogens (tertiary/aromatic N) is 1. The Kier molecular flexibility index (Phi) is 5.62. The maximum Gasteiger partial charge on any atom is 0.285 e. The smallest absolute Gasteiger partial charge is 0.285 e. The van der Waals surface area contributed by atoms with Gasteiger partial charge in [0.25, 0.3) is 5.91 Å². The molecule has 1 saturated heterocycles. The van der Waals surface area contributed by atoms with Crippen molar-refractivity contribution in [3.63, 3.8) is 0 Å². The fourth-order valence-corrected chi connectivity index (χ4v) is 3.10. The van der Waals surface area contributed by atoms with Crippen LogP contribution in [0, 0.1) is 0 Å². The molecule has 2 rings (SSSR count). The fourth-order valence-electron chi connectivity index (χ4n) is 1.92. The first-order chi connectivity index (χ1) is 11.0. The molecular weight excluding hydrogens is 336 g/mol. The minimum absolute atomic E-state index is 0.286. The zero-order valence-corrected chi connectivity index (χ0v) is 14.5. The number of methoxy groups -OCH3 is 1. The quantitative estimate of drug-likeness (QED) is 0.648. The molecule has 1 aliphatic heterocycles. The number of nitrogens with one attached hydrogen (secondary N) is 1. The van der Waals surface area contributed by atoms with Crippen molar-refractivity contribution < 1.29 is 19.1 Å². The van der Waals surface area contributed by atoms with Gasteiger partial charge in [0.15, 0.2) is 15.8 Å². The molecular formula is C15H16N2O4S2. The lowest BCUT2D eigenvalue weighted by Gasteiger charge is -2.13. The van der Waals surface area contributed by atoms with E-state index in [0.29, 0.717) is 23.0 Å². The molecule has 122 valence electrons. The molecule has 0 atom stereocenters. The predicted molar refractivity (Wildman–Crippen MR) is 93.0 cm³/mol. The van der Waals surface area contributed by atoms with Gasteiger partial charge in [-0.2, -0.15) is 5.01 Å². The summed E-state index contributed by atoms with van der Waals surface area (Å²) in [5.74, 6) is 0.504. The molecule has 2 amide bonds. The van der Waals surface area contributed by atoms with Crippen LogP contribution < -0.4 is 14.9 Å². The highest BCUT2D eigenvalue weighted by Crippen LogP contribution is 2.34. The lowest BCUT2D eigenvalue weighted by atomic mass is 10.2. The molecule has 1 aromatic rings. The molecule has 1 aliphatic rings. The van der Waals surface area contributed by atoms with Crippen molar-refractivity contribution >= 4 is 46.2 Å². The van der Waals surface area contributed by atoms with Gasteiger partial charge >= 0.3 is 0 Å². The van der Waals surface area contributed by atoms with E-state index in [0.717, 1.165) is 22.3 Å². The second kappa shape index (κ2) is 7.47. The van der Waals surface area contributed by atoms with Gasteiger partial charge in [0.05, 0.1) is 18.6 Å². The summed E-state index contributed by atoms with van der Waals surface area (Å²) < 4.78 is 11.0. The van der Waals surface area contributed by atoms with Crippen LogP contribution in [0.4, 0.5) is 0 Å². The van der Waals surface area contributed by atoms with E-state index in [-0.39, 0.29) is 16.1 Å². The average molecular weight is 352 g/mol. The topological polar surface area (TPSA) is 67.9 Å². The molecule has 8 heteroatoms. The molecule has 1 fully saturated rings. The van der Waals surface area contributed by atoms with E-state index in [1.54, 1.807) is 25.3 Å². The number of rotatable bonds is 5. The Morgan fingerprint density at radius 3 is 2.78 bits per heavy atom. The maximum atomic E-state index is 12.3. The van der Waals surface area contributed by atoms with Crippen molar-refractivity contribution in [2.24, 2.45) is 0 Å². The van der Waals surface area contributed by atoms with Gasteiger partial charge in [0.1, 0.15) is 0 Å². The van der Waals surface area contributed by atoms with Crippen molar-refractivity contribution in [3.8, 4) is 11.5 Å². The summed E-state index contributed by atoms with van der Waals surface area (Å²) in [6, 6.07) is 5.37. The van der Waals surface area contributed by atoms with Crippen LogP contribution in [0.15, 0.2) is 23.1 Å². The first-order valence-electron chi connectivity index (χ1n) is 6.82. The largest absolute Gasteiger partial charge is 0.493 e. The minimum atomic E-state index is -0.358. The third kappa shape index (κ3) is 4.02. The number of benzene rings is 1. The number of thiocarbonyl (C=S) groups is 1. The van der Waals surface area contributed by atoms with Crippen molar-refractivity contribution in [1.82, 2.24) is 10.4 Å². The van der Waals surface area contributed by atoms with E-state index in [1.807, 2.05) is 13.0 Å². The van der Waals surface area contributed by atoms with Crippen LogP contribution >= 0.6 is 24.0 Å². The summed E-state index contributed by atoms with van der Waals surface area (Å²) >= 11 is 6.23. The van der Waals surface area contributed by atoms with E-state index in [2.05, 4.69) is 5.43 Å². The summed E-state index contributed by atoms with van der Waals surface area (Å²) in [4.78, 5) is 23.8. The molecule has 0 spiro atoms. The molecule has 1 heterocycles. The van der Waals surface area contributed by atoms with Gasteiger partial charge in [-0.05, 0) is 42.9 Å². The van der Waals surface area contributed by atoms with Crippen molar-refractivity contribution in [2.45, 2.75) is 13.8 Å². The second-order valence-electron chi connectivity index (χ2n) is 4.53. The van der Waals surface area contributed by atoms with E-state index in [4.69, 9.17) is 21.7 Å². The molecule has 0 aliphatic carbocycles. The fraction of sp³-hybridized carbons (Fsp3) is 0.267. The Balaban J connectivity index is 2.26. The van der Waals surface area contributed by atoms with Gasteiger partial charge in [0, 0.05) is 6.92 Å². The minimum Gasteiger partial charge on any atom is -0.493 e. The van der Waals surface area contributed by atoms with Gasteiger partial charge in [-0.25, -0.2) is 0 Å². The van der Waals surface area contributed by atoms with Crippen LogP contribution in [-0.2, 0) is 9.59 Å². The molecule has 1 aromatic carbocycles. The summed E-state index contributed by atoms with van der Waals surface area (Å²) in [5.41, 5.74) is 3.17. The normalized spacial score (nSPS) is 16.0. The third-order valence-electron chi connectivity index (χ3n) is 2.85. The molecule has 0 saturated carbocycles. The number of carbonyl (C=O) groups is 2. The molecule has 0 bridgehead atoms. The van der Waals surface area contributed by atoms with Crippen molar-refractivity contribution in [1.29, 1.82) is 0 Å². The zero-order chi connectivity index (χ0) is 17.0. The first kappa shape index (κ1) is 17.3. The van der Waals surface area contributed by atoms with Crippen molar-refractivity contribution in [2.75, 3.05) is 13.7 Å². The number of carbonyl (C=O) groups excluding carboxylic acids is 2. The van der Waals surface area contributed by atoms with Gasteiger partial charge in [0.2, 0.25) is 5.91 Å². The average Bonchev–Trinajstić information content (AvgIpc) is 2.76. The third-order valence-corrected chi connectivity index (χ3v) is 4.15. The summed E-state index contributed by atoms with van der Waals surface area (Å²) in [7, 11) is 1.55. The highest BCUT2D eigenvalue weighted by atomic mass is 32.2. The molecule has 23 heavy (non-hydrogen) atoms. The summed E-state index contributed by atoms with van der Waals surface area (Å²) in [6.45, 7) is 3.74. The van der Waals surface area contributed by atoms with E-state index >= 15 is 0 Å². The van der Waals surface area contributed by atoms with Crippen LogP contribution in [0.5, 0.6) is 11.5 Å². The van der Waals surface area contributed by atoms with Crippen LogP contribution in [0.25, 0.3) is 6.08 Å². The first-order valence-corrected chi connectivity index (χ1v) is 8.04. The second-order valence-corrected chi connectivity index (χ2v) is 6.20. The highest BCUT2D eigenvalue weighted by molar-refractivity contribution is 8.26. The van der Waals surface area contributed by atoms with Crippen LogP contribution in [0.2, 0.25) is 0 Å². The van der Waals surface area contributed by atoms with Gasteiger partial charge in [-0.1, -0.05) is 17.8 Å². The Labute approximate surface area is 143 Å². The molecule has 1 N–H and O–H groups in total. The highest BCUT2D eigenvalue weighted by Gasteiger charge is 2.33. The van der Waals surface area contributed by atoms with E-state index < -0.39 is 0 Å². The summed E-state index contributed by atoms with van der Waals surface area (Å²) in [5, 5.41) is 1.07. The molecule has 0 radical (unpaired) electrons. The Morgan fingerprint density at radius 2 is 2.17 bits per heavy atom. The number of ether oxygens (including phenoxy) is 2. The van der Waals surface area contributed by atoms with E-state index in [9.17, 15) is 9.59 Å². The lowest BCUT2D eigenvalue weighted by molar-refractivity contribution is -0.131. The van der Waals surface area contributed by atoms with E-state index in [1.165, 1.54) is 6.92 Å².